The lowest BCUT2D eigenvalue weighted by Gasteiger charge is -2.10. The zero-order valence-corrected chi connectivity index (χ0v) is 15.1. The Bertz CT molecular complexity index is 896. The van der Waals surface area contributed by atoms with Gasteiger partial charge in [-0.3, -0.25) is 4.79 Å². The fourth-order valence-corrected chi connectivity index (χ4v) is 2.40. The number of rotatable bonds is 7. The minimum absolute atomic E-state index is 0.207. The third kappa shape index (κ3) is 4.72. The van der Waals surface area contributed by atoms with Gasteiger partial charge in [-0.1, -0.05) is 12.1 Å². The van der Waals surface area contributed by atoms with Gasteiger partial charge in [0.05, 0.1) is 19.4 Å². The van der Waals surface area contributed by atoms with Gasteiger partial charge in [0.1, 0.15) is 11.5 Å². The molecule has 0 saturated heterocycles. The average molecular weight is 364 g/mol. The first-order valence-electron chi connectivity index (χ1n) is 8.47. The summed E-state index contributed by atoms with van der Waals surface area (Å²) in [6.07, 6.45) is 0. The second-order valence-corrected chi connectivity index (χ2v) is 5.54. The van der Waals surface area contributed by atoms with Crippen molar-refractivity contribution < 1.29 is 14.3 Å². The molecule has 0 radical (unpaired) electrons. The van der Waals surface area contributed by atoms with Crippen molar-refractivity contribution in [2.75, 3.05) is 24.4 Å². The van der Waals surface area contributed by atoms with E-state index < -0.39 is 0 Å². The van der Waals surface area contributed by atoms with Crippen LogP contribution in [0.2, 0.25) is 0 Å². The smallest absolute Gasteiger partial charge is 0.276 e. The second kappa shape index (κ2) is 8.66. The maximum atomic E-state index is 12.3. The van der Waals surface area contributed by atoms with E-state index in [-0.39, 0.29) is 11.6 Å². The molecule has 2 aromatic carbocycles. The summed E-state index contributed by atoms with van der Waals surface area (Å²) in [5, 5.41) is 13.9. The number of carbonyl (C=O) groups is 1. The quantitative estimate of drug-likeness (QED) is 0.662. The number of nitrogens with one attached hydrogen (secondary N) is 2. The van der Waals surface area contributed by atoms with Crippen LogP contribution in [0.4, 0.5) is 17.2 Å². The monoisotopic (exact) mass is 364 g/mol. The largest absolute Gasteiger partial charge is 0.495 e. The van der Waals surface area contributed by atoms with E-state index in [4.69, 9.17) is 9.47 Å². The van der Waals surface area contributed by atoms with Gasteiger partial charge in [-0.05, 0) is 55.5 Å². The lowest BCUT2D eigenvalue weighted by Crippen LogP contribution is -2.15. The molecule has 138 valence electrons. The summed E-state index contributed by atoms with van der Waals surface area (Å²) in [5.41, 5.74) is 1.63. The Balaban J connectivity index is 1.65. The third-order valence-electron chi connectivity index (χ3n) is 3.69. The Kier molecular flexibility index (Phi) is 5.84. The Morgan fingerprint density at radius 1 is 1.00 bits per heavy atom. The number of hydrogen-bond acceptors (Lipinski definition) is 6. The number of methoxy groups -OCH3 is 1. The number of benzene rings is 2. The molecule has 0 aliphatic rings. The van der Waals surface area contributed by atoms with Gasteiger partial charge in [-0.2, -0.15) is 0 Å². The first-order valence-corrected chi connectivity index (χ1v) is 8.47. The van der Waals surface area contributed by atoms with Crippen molar-refractivity contribution in [3.63, 3.8) is 0 Å². The topological polar surface area (TPSA) is 85.4 Å². The molecule has 0 aliphatic carbocycles. The van der Waals surface area contributed by atoms with Crippen molar-refractivity contribution in [3.8, 4) is 11.5 Å². The molecular formula is C20H20N4O3. The predicted molar refractivity (Wildman–Crippen MR) is 104 cm³/mol. The number of hydrogen-bond donors (Lipinski definition) is 2. The predicted octanol–water partition coefficient (Wildman–Crippen LogP) is 3.88. The third-order valence-corrected chi connectivity index (χ3v) is 3.69. The zero-order valence-electron chi connectivity index (χ0n) is 15.1. The SMILES string of the molecule is CCOc1ccc(Nc2ccc(C(=O)Nc3ccccc3OC)nn2)cc1. The van der Waals surface area contributed by atoms with E-state index in [9.17, 15) is 4.79 Å². The molecular weight excluding hydrogens is 344 g/mol. The number of para-hydroxylation sites is 2. The van der Waals surface area contributed by atoms with Crippen LogP contribution in [0.1, 0.15) is 17.4 Å². The maximum absolute atomic E-state index is 12.3. The molecule has 0 aliphatic heterocycles. The van der Waals surface area contributed by atoms with E-state index in [1.807, 2.05) is 43.3 Å². The van der Waals surface area contributed by atoms with Crippen LogP contribution in [0, 0.1) is 0 Å². The van der Waals surface area contributed by atoms with Gasteiger partial charge in [0.15, 0.2) is 11.5 Å². The fourth-order valence-electron chi connectivity index (χ4n) is 2.40. The van der Waals surface area contributed by atoms with Crippen molar-refractivity contribution >= 4 is 23.1 Å². The standard InChI is InChI=1S/C20H20N4O3/c1-3-27-15-10-8-14(9-11-15)21-19-13-12-17(23-24-19)20(25)22-16-6-4-5-7-18(16)26-2/h4-13H,3H2,1-2H3,(H,21,24)(H,22,25). The van der Waals surface area contributed by atoms with Gasteiger partial charge in [0.25, 0.3) is 5.91 Å². The minimum atomic E-state index is -0.361. The first-order chi connectivity index (χ1) is 13.2. The molecule has 0 atom stereocenters. The average Bonchev–Trinajstić information content (AvgIpc) is 2.70. The lowest BCUT2D eigenvalue weighted by atomic mass is 10.2. The van der Waals surface area contributed by atoms with E-state index in [1.165, 1.54) is 0 Å². The number of aromatic nitrogens is 2. The number of nitrogens with zero attached hydrogens (tertiary/aromatic N) is 2. The van der Waals surface area contributed by atoms with Crippen molar-refractivity contribution in [2.24, 2.45) is 0 Å². The number of carbonyl (C=O) groups excluding carboxylic acids is 1. The molecule has 2 N–H and O–H groups in total. The zero-order chi connectivity index (χ0) is 19.1. The minimum Gasteiger partial charge on any atom is -0.495 e. The van der Waals surface area contributed by atoms with Crippen LogP contribution in [-0.4, -0.2) is 29.8 Å². The molecule has 3 aromatic rings. The Morgan fingerprint density at radius 3 is 2.44 bits per heavy atom. The Labute approximate surface area is 157 Å². The molecule has 1 heterocycles. The molecule has 0 saturated carbocycles. The van der Waals surface area contributed by atoms with Crippen molar-refractivity contribution in [2.45, 2.75) is 6.92 Å². The molecule has 7 heteroatoms. The Morgan fingerprint density at radius 2 is 1.78 bits per heavy atom. The van der Waals surface area contributed by atoms with E-state index in [0.29, 0.717) is 23.9 Å². The maximum Gasteiger partial charge on any atom is 0.276 e. The molecule has 0 unspecified atom stereocenters. The lowest BCUT2D eigenvalue weighted by molar-refractivity contribution is 0.102. The highest BCUT2D eigenvalue weighted by Crippen LogP contribution is 2.23. The van der Waals surface area contributed by atoms with Gasteiger partial charge in [-0.15, -0.1) is 10.2 Å². The molecule has 27 heavy (non-hydrogen) atoms. The molecule has 0 fully saturated rings. The van der Waals surface area contributed by atoms with E-state index >= 15 is 0 Å². The first kappa shape index (κ1) is 18.2. The second-order valence-electron chi connectivity index (χ2n) is 5.54. The van der Waals surface area contributed by atoms with Crippen molar-refractivity contribution in [1.29, 1.82) is 0 Å². The fraction of sp³-hybridized carbons (Fsp3) is 0.150. The Hall–Kier alpha value is -3.61. The van der Waals surface area contributed by atoms with Crippen LogP contribution >= 0.6 is 0 Å². The van der Waals surface area contributed by atoms with Crippen LogP contribution in [0.3, 0.4) is 0 Å². The van der Waals surface area contributed by atoms with Crippen LogP contribution < -0.4 is 20.1 Å². The molecule has 1 aromatic heterocycles. The van der Waals surface area contributed by atoms with Crippen LogP contribution in [-0.2, 0) is 0 Å². The summed E-state index contributed by atoms with van der Waals surface area (Å²) in [6.45, 7) is 2.56. The molecule has 0 bridgehead atoms. The van der Waals surface area contributed by atoms with Crippen LogP contribution in [0.15, 0.2) is 60.7 Å². The summed E-state index contributed by atoms with van der Waals surface area (Å²) in [6, 6.07) is 18.0. The van der Waals surface area contributed by atoms with Gasteiger partial charge in [0, 0.05) is 5.69 Å². The highest BCUT2D eigenvalue weighted by atomic mass is 16.5. The van der Waals surface area contributed by atoms with Crippen LogP contribution in [0.5, 0.6) is 11.5 Å². The molecule has 0 spiro atoms. The highest BCUT2D eigenvalue weighted by molar-refractivity contribution is 6.03. The van der Waals surface area contributed by atoms with E-state index in [1.54, 1.807) is 31.4 Å². The molecule has 1 amide bonds. The number of ether oxygens (including phenoxy) is 2. The highest BCUT2D eigenvalue weighted by Gasteiger charge is 2.11. The van der Waals surface area contributed by atoms with E-state index in [2.05, 4.69) is 20.8 Å². The van der Waals surface area contributed by atoms with Gasteiger partial charge in [0.2, 0.25) is 0 Å². The van der Waals surface area contributed by atoms with Crippen molar-refractivity contribution in [3.05, 3.63) is 66.4 Å². The number of amides is 1. The van der Waals surface area contributed by atoms with Gasteiger partial charge < -0.3 is 20.1 Å². The molecule has 7 nitrogen and oxygen atoms in total. The van der Waals surface area contributed by atoms with Crippen LogP contribution in [0.25, 0.3) is 0 Å². The number of anilines is 3. The van der Waals surface area contributed by atoms with Gasteiger partial charge in [-0.25, -0.2) is 0 Å². The summed E-state index contributed by atoms with van der Waals surface area (Å²) in [4.78, 5) is 12.3. The summed E-state index contributed by atoms with van der Waals surface area (Å²) >= 11 is 0. The summed E-state index contributed by atoms with van der Waals surface area (Å²) < 4.78 is 10.6. The summed E-state index contributed by atoms with van der Waals surface area (Å²) in [5.74, 6) is 1.55. The van der Waals surface area contributed by atoms with Gasteiger partial charge >= 0.3 is 0 Å². The summed E-state index contributed by atoms with van der Waals surface area (Å²) in [7, 11) is 1.55. The molecule has 3 rings (SSSR count). The normalized spacial score (nSPS) is 10.1. The van der Waals surface area contributed by atoms with E-state index in [0.717, 1.165) is 11.4 Å². The van der Waals surface area contributed by atoms with Crippen molar-refractivity contribution in [1.82, 2.24) is 10.2 Å².